The van der Waals surface area contributed by atoms with Gasteiger partial charge in [0.1, 0.15) is 5.70 Å². The Kier molecular flexibility index (Phi) is 5.45. The molecule has 0 aliphatic heterocycles. The van der Waals surface area contributed by atoms with E-state index in [4.69, 9.17) is 0 Å². The van der Waals surface area contributed by atoms with Crippen LogP contribution in [0.1, 0.15) is 12.5 Å². The third-order valence-corrected chi connectivity index (χ3v) is 3.95. The van der Waals surface area contributed by atoms with Crippen LogP contribution in [0.15, 0.2) is 72.4 Å². The van der Waals surface area contributed by atoms with Crippen molar-refractivity contribution >= 4 is 40.0 Å². The van der Waals surface area contributed by atoms with Gasteiger partial charge in [-0.2, -0.15) is 0 Å². The smallest absolute Gasteiger partial charge is 0.272 e. The molecule has 0 radical (unpaired) electrons. The third-order valence-electron chi connectivity index (χ3n) is 3.95. The van der Waals surface area contributed by atoms with Crippen molar-refractivity contribution in [2.75, 3.05) is 5.32 Å². The number of hydrogen-bond acceptors (Lipinski definition) is 4. The Balaban J connectivity index is 1.89. The largest absolute Gasteiger partial charge is 0.322 e. The zero-order valence-electron chi connectivity index (χ0n) is 15.0. The number of nitro benzene ring substituents is 1. The van der Waals surface area contributed by atoms with E-state index < -0.39 is 16.7 Å². The van der Waals surface area contributed by atoms with Gasteiger partial charge in [0.15, 0.2) is 0 Å². The lowest BCUT2D eigenvalue weighted by molar-refractivity contribution is -0.384. The first-order valence-corrected chi connectivity index (χ1v) is 8.46. The van der Waals surface area contributed by atoms with E-state index in [2.05, 4.69) is 10.6 Å². The Bertz CT molecular complexity index is 1110. The van der Waals surface area contributed by atoms with Crippen molar-refractivity contribution in [3.05, 3.63) is 88.1 Å². The van der Waals surface area contributed by atoms with E-state index >= 15 is 0 Å². The van der Waals surface area contributed by atoms with Crippen LogP contribution in [-0.2, 0) is 9.59 Å². The lowest BCUT2D eigenvalue weighted by Gasteiger charge is -2.10. The van der Waals surface area contributed by atoms with E-state index in [0.717, 1.165) is 10.8 Å². The van der Waals surface area contributed by atoms with Crippen LogP contribution in [0, 0.1) is 10.1 Å². The Morgan fingerprint density at radius 1 is 0.964 bits per heavy atom. The second kappa shape index (κ2) is 8.13. The number of benzene rings is 3. The molecule has 0 aliphatic rings. The van der Waals surface area contributed by atoms with E-state index in [9.17, 15) is 19.7 Å². The molecule has 28 heavy (non-hydrogen) atoms. The molecular formula is C21H17N3O4. The van der Waals surface area contributed by atoms with Gasteiger partial charge in [-0.3, -0.25) is 19.7 Å². The molecule has 0 saturated heterocycles. The van der Waals surface area contributed by atoms with Crippen LogP contribution in [0.4, 0.5) is 11.4 Å². The maximum absolute atomic E-state index is 12.7. The van der Waals surface area contributed by atoms with Crippen molar-refractivity contribution in [3.63, 3.8) is 0 Å². The van der Waals surface area contributed by atoms with E-state index in [0.29, 0.717) is 11.3 Å². The molecule has 3 rings (SSSR count). The minimum Gasteiger partial charge on any atom is -0.322 e. The summed E-state index contributed by atoms with van der Waals surface area (Å²) in [6, 6.07) is 19.0. The van der Waals surface area contributed by atoms with E-state index in [-0.39, 0.29) is 11.4 Å². The summed E-state index contributed by atoms with van der Waals surface area (Å²) in [5, 5.41) is 18.1. The fourth-order valence-corrected chi connectivity index (χ4v) is 2.71. The first-order valence-electron chi connectivity index (χ1n) is 8.46. The molecule has 0 fully saturated rings. The molecule has 3 aromatic carbocycles. The minimum atomic E-state index is -0.531. The molecular weight excluding hydrogens is 358 g/mol. The van der Waals surface area contributed by atoms with Gasteiger partial charge in [0.25, 0.3) is 11.6 Å². The van der Waals surface area contributed by atoms with Gasteiger partial charge in [-0.25, -0.2) is 0 Å². The van der Waals surface area contributed by atoms with Crippen LogP contribution >= 0.6 is 0 Å². The SMILES string of the molecule is CC(=O)N/C(=C/c1cccc([N+](=O)[O-])c1)C(=O)Nc1ccc2ccccc2c1. The van der Waals surface area contributed by atoms with Gasteiger partial charge < -0.3 is 10.6 Å². The summed E-state index contributed by atoms with van der Waals surface area (Å²) >= 11 is 0. The number of nitrogens with one attached hydrogen (secondary N) is 2. The summed E-state index contributed by atoms with van der Waals surface area (Å²) in [7, 11) is 0. The van der Waals surface area contributed by atoms with Gasteiger partial charge in [-0.1, -0.05) is 42.5 Å². The zero-order valence-corrected chi connectivity index (χ0v) is 15.0. The van der Waals surface area contributed by atoms with Crippen molar-refractivity contribution in [1.82, 2.24) is 5.32 Å². The Hall–Kier alpha value is -4.00. The Morgan fingerprint density at radius 2 is 1.71 bits per heavy atom. The van der Waals surface area contributed by atoms with Gasteiger partial charge >= 0.3 is 0 Å². The van der Waals surface area contributed by atoms with E-state index in [1.165, 1.54) is 31.2 Å². The average Bonchev–Trinajstić information content (AvgIpc) is 2.67. The second-order valence-corrected chi connectivity index (χ2v) is 6.11. The highest BCUT2D eigenvalue weighted by Crippen LogP contribution is 2.20. The summed E-state index contributed by atoms with van der Waals surface area (Å²) < 4.78 is 0. The molecule has 2 N–H and O–H groups in total. The molecule has 3 aromatic rings. The fraction of sp³-hybridized carbons (Fsp3) is 0.0476. The number of hydrogen-bond donors (Lipinski definition) is 2. The number of nitrogens with zero attached hydrogens (tertiary/aromatic N) is 1. The van der Waals surface area contributed by atoms with Crippen molar-refractivity contribution in [2.24, 2.45) is 0 Å². The number of amides is 2. The van der Waals surface area contributed by atoms with Gasteiger partial charge in [-0.15, -0.1) is 0 Å². The van der Waals surface area contributed by atoms with Gasteiger partial charge in [0, 0.05) is 24.7 Å². The minimum absolute atomic E-state index is 0.0128. The van der Waals surface area contributed by atoms with Crippen molar-refractivity contribution in [1.29, 1.82) is 0 Å². The van der Waals surface area contributed by atoms with Crippen LogP contribution in [0.5, 0.6) is 0 Å². The lowest BCUT2D eigenvalue weighted by Crippen LogP contribution is -2.28. The number of rotatable bonds is 5. The number of anilines is 1. The highest BCUT2D eigenvalue weighted by molar-refractivity contribution is 6.09. The number of nitro groups is 1. The summed E-state index contributed by atoms with van der Waals surface area (Å²) in [6.45, 7) is 1.28. The summed E-state index contributed by atoms with van der Waals surface area (Å²) in [6.07, 6.45) is 1.39. The molecule has 0 saturated carbocycles. The zero-order chi connectivity index (χ0) is 20.1. The molecule has 0 aliphatic carbocycles. The van der Waals surface area contributed by atoms with Crippen molar-refractivity contribution < 1.29 is 14.5 Å². The van der Waals surface area contributed by atoms with Crippen LogP contribution in [0.3, 0.4) is 0 Å². The molecule has 7 heteroatoms. The first kappa shape index (κ1) is 18.8. The maximum Gasteiger partial charge on any atom is 0.272 e. The molecule has 0 spiro atoms. The fourth-order valence-electron chi connectivity index (χ4n) is 2.71. The molecule has 0 aromatic heterocycles. The van der Waals surface area contributed by atoms with E-state index in [1.807, 2.05) is 36.4 Å². The van der Waals surface area contributed by atoms with Gasteiger partial charge in [0.2, 0.25) is 5.91 Å². The van der Waals surface area contributed by atoms with E-state index in [1.54, 1.807) is 12.1 Å². The second-order valence-electron chi connectivity index (χ2n) is 6.11. The monoisotopic (exact) mass is 375 g/mol. The average molecular weight is 375 g/mol. The number of carbonyl (C=O) groups is 2. The molecule has 0 atom stereocenters. The molecule has 2 amide bonds. The van der Waals surface area contributed by atoms with Crippen LogP contribution < -0.4 is 10.6 Å². The number of carbonyl (C=O) groups excluding carboxylic acids is 2. The Labute approximate surface area is 160 Å². The van der Waals surface area contributed by atoms with Crippen LogP contribution in [-0.4, -0.2) is 16.7 Å². The predicted octanol–water partition coefficient (Wildman–Crippen LogP) is 3.86. The molecule has 140 valence electrons. The normalized spacial score (nSPS) is 11.1. The van der Waals surface area contributed by atoms with Crippen LogP contribution in [0.2, 0.25) is 0 Å². The highest BCUT2D eigenvalue weighted by Gasteiger charge is 2.13. The molecule has 0 bridgehead atoms. The summed E-state index contributed by atoms with van der Waals surface area (Å²) in [4.78, 5) is 34.6. The summed E-state index contributed by atoms with van der Waals surface area (Å²) in [5.41, 5.74) is 0.873. The maximum atomic E-state index is 12.7. The Morgan fingerprint density at radius 3 is 2.43 bits per heavy atom. The van der Waals surface area contributed by atoms with Crippen molar-refractivity contribution in [2.45, 2.75) is 6.92 Å². The lowest BCUT2D eigenvalue weighted by atomic mass is 10.1. The number of non-ortho nitro benzene ring substituents is 1. The predicted molar refractivity (Wildman–Crippen MR) is 107 cm³/mol. The molecule has 0 heterocycles. The van der Waals surface area contributed by atoms with Gasteiger partial charge in [-0.05, 0) is 34.5 Å². The standard InChI is InChI=1S/C21H17N3O4/c1-14(25)22-20(12-15-5-4-8-19(11-15)24(27)28)21(26)23-18-10-9-16-6-2-3-7-17(16)13-18/h2-13H,1H3,(H,22,25)(H,23,26)/b20-12+. The molecule has 0 unspecified atom stereocenters. The van der Waals surface area contributed by atoms with Crippen molar-refractivity contribution in [3.8, 4) is 0 Å². The molecule has 7 nitrogen and oxygen atoms in total. The number of fused-ring (bicyclic) bond motifs is 1. The topological polar surface area (TPSA) is 101 Å². The third kappa shape index (κ3) is 4.59. The summed E-state index contributed by atoms with van der Waals surface area (Å²) in [5.74, 6) is -0.956. The van der Waals surface area contributed by atoms with Gasteiger partial charge in [0.05, 0.1) is 4.92 Å². The quantitative estimate of drug-likeness (QED) is 0.402. The van der Waals surface area contributed by atoms with Crippen LogP contribution in [0.25, 0.3) is 16.8 Å². The highest BCUT2D eigenvalue weighted by atomic mass is 16.6. The first-order chi connectivity index (χ1) is 13.4.